The number of aromatic nitrogens is 6. The van der Waals surface area contributed by atoms with Gasteiger partial charge in [-0.05, 0) is 118 Å². The van der Waals surface area contributed by atoms with Crippen molar-refractivity contribution in [1.82, 2.24) is 29.9 Å². The molecule has 0 saturated heterocycles. The van der Waals surface area contributed by atoms with Crippen LogP contribution in [0.1, 0.15) is 2.80 Å². The summed E-state index contributed by atoms with van der Waals surface area (Å²) < 4.78 is 52.1. The SMILES string of the molecule is CP(C)(=O)c1cc(-c2ncco2)ccc1N.CP(C)(=O)c1cc(-c2ncco2)ccc1Nc1nc(Cl)ncc1Br.Clc1ncc(Br)c(Cl)n1.O=CO[O-].[2H]CF.[H-].[K+].[K+]. The van der Waals surface area contributed by atoms with Gasteiger partial charge in [-0.3, -0.25) is 9.18 Å². The van der Waals surface area contributed by atoms with Gasteiger partial charge < -0.3 is 40.6 Å². The van der Waals surface area contributed by atoms with Crippen LogP contribution in [0.25, 0.3) is 22.9 Å². The number of rotatable bonds is 7. The van der Waals surface area contributed by atoms with E-state index in [1.165, 1.54) is 18.7 Å². The van der Waals surface area contributed by atoms with Crippen molar-refractivity contribution in [3.05, 3.63) is 98.4 Å². The number of anilines is 3. The maximum atomic E-state index is 12.7. The van der Waals surface area contributed by atoms with Gasteiger partial charge in [0.1, 0.15) is 37.8 Å². The van der Waals surface area contributed by atoms with Crippen molar-refractivity contribution < 1.29 is 143 Å². The normalized spacial score (nSPS) is 10.3. The number of halogens is 6. The second kappa shape index (κ2) is 28.2. The summed E-state index contributed by atoms with van der Waals surface area (Å²) in [6, 6.07) is 10.8. The smallest absolute Gasteiger partial charge is 1.00 e. The van der Waals surface area contributed by atoms with Gasteiger partial charge in [0.05, 0.1) is 35.6 Å². The fourth-order valence-electron chi connectivity index (χ4n) is 3.98. The van der Waals surface area contributed by atoms with Crippen LogP contribution in [0.4, 0.5) is 21.6 Å². The zero-order valence-corrected chi connectivity index (χ0v) is 44.5. The Hall–Kier alpha value is -0.457. The standard InChI is InChI=1S/C15H13BrClN4O2P.C11H13N2O2P.C4HBrCl2N2.CH3F.CH2O3.2K.H/c1-24(2,22)12-7-9(14-18-5-6-23-14)3-4-11(12)20-13-10(16)8-19-15(17)21-13;1-16(2,14)10-7-8(3-4-9(10)12)11-13-5-6-15-11;5-2-1-8-4(7)9-3(2)6;1-2;2-1-4-3;;;/h3-8H,1-2H3,(H,19,20,21);3-7H,12H2,1-2H3;1H;1H3;1,3H;;;/q;;;;;2*+1;-1/p-1/i;;;1D;;;;. The van der Waals surface area contributed by atoms with Gasteiger partial charge in [-0.1, -0.05) is 11.6 Å². The van der Waals surface area contributed by atoms with E-state index < -0.39 is 21.4 Å². The Labute approximate surface area is 447 Å². The van der Waals surface area contributed by atoms with Crippen LogP contribution in [0.5, 0.6) is 0 Å². The number of carbonyl (C=O) groups excluding carboxylic acids is 1. The molecule has 0 aliphatic carbocycles. The van der Waals surface area contributed by atoms with Crippen molar-refractivity contribution in [2.75, 3.05) is 44.9 Å². The molecule has 0 spiro atoms. The van der Waals surface area contributed by atoms with E-state index >= 15 is 0 Å². The van der Waals surface area contributed by atoms with Crippen molar-refractivity contribution in [1.29, 1.82) is 0 Å². The molecule has 0 amide bonds. The average molecular weight is 1070 g/mol. The van der Waals surface area contributed by atoms with Gasteiger partial charge in [-0.2, -0.15) is 4.98 Å². The summed E-state index contributed by atoms with van der Waals surface area (Å²) in [5.41, 5.74) is 8.57. The minimum absolute atomic E-state index is 0. The first kappa shape index (κ1) is 54.6. The van der Waals surface area contributed by atoms with E-state index in [4.69, 9.17) is 60.8 Å². The quantitative estimate of drug-likeness (QED) is 0.0342. The van der Waals surface area contributed by atoms with Crippen molar-refractivity contribution in [2.24, 2.45) is 0 Å². The molecule has 6 aromatic rings. The third kappa shape index (κ3) is 19.4. The molecule has 57 heavy (non-hydrogen) atoms. The van der Waals surface area contributed by atoms with Crippen molar-refractivity contribution in [3.63, 3.8) is 0 Å². The van der Waals surface area contributed by atoms with E-state index in [1.54, 1.807) is 63.4 Å². The van der Waals surface area contributed by atoms with Crippen LogP contribution < -0.4 is 130 Å². The topological polar surface area (TPSA) is 225 Å². The van der Waals surface area contributed by atoms with E-state index in [-0.39, 0.29) is 121 Å². The van der Waals surface area contributed by atoms with Gasteiger partial charge in [0.15, 0.2) is 0 Å². The molecule has 15 nitrogen and oxygen atoms in total. The Balaban J connectivity index is 0. The van der Waals surface area contributed by atoms with Crippen molar-refractivity contribution in [2.45, 2.75) is 0 Å². The number of nitrogens with zero attached hydrogens (tertiary/aromatic N) is 6. The number of hydrogen-bond acceptors (Lipinski definition) is 15. The molecule has 0 aliphatic heterocycles. The van der Waals surface area contributed by atoms with Gasteiger partial charge in [0.2, 0.25) is 22.3 Å². The first-order valence-corrected chi connectivity index (χ1v) is 22.6. The Kier molecular flexibility index (Phi) is 27.0. The number of hydrogen-bond donors (Lipinski definition) is 2. The van der Waals surface area contributed by atoms with Crippen molar-refractivity contribution in [3.8, 4) is 22.9 Å². The number of alkyl halides is 1. The van der Waals surface area contributed by atoms with Crippen LogP contribution in [0.15, 0.2) is 91.5 Å². The van der Waals surface area contributed by atoms with Gasteiger partial charge in [0.25, 0.3) is 6.47 Å². The molecule has 2 aromatic carbocycles. The van der Waals surface area contributed by atoms with Crippen LogP contribution in [-0.4, -0.2) is 70.2 Å². The van der Waals surface area contributed by atoms with Gasteiger partial charge in [-0.15, -0.1) is 0 Å². The molecule has 296 valence electrons. The zero-order valence-electron chi connectivity index (χ0n) is 33.0. The monoisotopic (exact) mass is 1060 g/mol. The summed E-state index contributed by atoms with van der Waals surface area (Å²) >= 11 is 23.3. The predicted octanol–water partition coefficient (Wildman–Crippen LogP) is 2.40. The molecule has 0 fully saturated rings. The Morgan fingerprint density at radius 3 is 1.74 bits per heavy atom. The van der Waals surface area contributed by atoms with Gasteiger partial charge in [-0.25, -0.2) is 24.9 Å². The minimum Gasteiger partial charge on any atom is -1.00 e. The van der Waals surface area contributed by atoms with E-state index in [1.807, 2.05) is 18.2 Å². The fourth-order valence-corrected chi connectivity index (χ4v) is 7.21. The molecular weight excluding hydrogens is 1030 g/mol. The van der Waals surface area contributed by atoms with Crippen LogP contribution >= 0.6 is 80.9 Å². The average Bonchev–Trinajstić information content (AvgIpc) is 3.88. The summed E-state index contributed by atoms with van der Waals surface area (Å²) in [6.45, 7) is 6.61. The molecular formula is C32H32Br2Cl3FK2N8O7P2. The van der Waals surface area contributed by atoms with Crippen LogP contribution in [-0.2, 0) is 18.8 Å². The van der Waals surface area contributed by atoms with E-state index in [0.29, 0.717) is 53.7 Å². The maximum absolute atomic E-state index is 12.7. The number of nitrogens with two attached hydrogens (primary N) is 1. The number of nitrogens with one attached hydrogen (secondary N) is 1. The van der Waals surface area contributed by atoms with E-state index in [0.717, 1.165) is 11.1 Å². The molecule has 4 heterocycles. The van der Waals surface area contributed by atoms with Crippen LogP contribution in [0.3, 0.4) is 0 Å². The van der Waals surface area contributed by atoms with E-state index in [2.05, 4.69) is 72.0 Å². The number of benzene rings is 2. The molecule has 0 radical (unpaired) electrons. The third-order valence-corrected chi connectivity index (χ3v) is 11.3. The third-order valence-electron chi connectivity index (χ3n) is 6.23. The Morgan fingerprint density at radius 2 is 1.32 bits per heavy atom. The Morgan fingerprint density at radius 1 is 0.860 bits per heavy atom. The molecule has 6 rings (SSSR count). The fraction of sp³-hybridized carbons (Fsp3) is 0.156. The molecule has 0 unspecified atom stereocenters. The summed E-state index contributed by atoms with van der Waals surface area (Å²) in [6.07, 6.45) is 9.19. The molecule has 0 aliphatic rings. The summed E-state index contributed by atoms with van der Waals surface area (Å²) in [4.78, 5) is 34.8. The molecule has 0 atom stereocenters. The number of oxazole rings is 2. The first-order valence-electron chi connectivity index (χ1n) is 15.4. The summed E-state index contributed by atoms with van der Waals surface area (Å²) in [7, 11) is -5.95. The minimum atomic E-state index is -2.57. The zero-order chi connectivity index (χ0) is 42.1. The second-order valence-electron chi connectivity index (χ2n) is 10.8. The van der Waals surface area contributed by atoms with E-state index in [9.17, 15) is 13.5 Å². The van der Waals surface area contributed by atoms with Crippen LogP contribution in [0.2, 0.25) is 15.7 Å². The maximum Gasteiger partial charge on any atom is 1.00 e. The Bertz CT molecular complexity index is 2280. The predicted molar refractivity (Wildman–Crippen MR) is 220 cm³/mol. The van der Waals surface area contributed by atoms with Gasteiger partial charge >= 0.3 is 103 Å². The van der Waals surface area contributed by atoms with Crippen molar-refractivity contribution >= 4 is 115 Å². The summed E-state index contributed by atoms with van der Waals surface area (Å²) in [5.74, 6) is 1.48. The molecule has 3 N–H and O–H groups in total. The largest absolute Gasteiger partial charge is 1.00 e. The molecule has 0 bridgehead atoms. The molecule has 25 heteroatoms. The number of nitrogen functional groups attached to an aromatic ring is 1. The first-order chi connectivity index (χ1) is 26.4. The van der Waals surface area contributed by atoms with Gasteiger partial charge in [0, 0.05) is 39.8 Å². The molecule has 0 saturated carbocycles. The summed E-state index contributed by atoms with van der Waals surface area (Å²) in [5, 5.41) is 13.5. The second-order valence-corrected chi connectivity index (χ2v) is 19.9. The number of carbonyl (C=O) groups is 1. The van der Waals surface area contributed by atoms with Crippen LogP contribution in [0, 0.1) is 0 Å². The molecule has 4 aromatic heterocycles.